The summed E-state index contributed by atoms with van der Waals surface area (Å²) in [6.45, 7) is 0. The number of nitrogen functional groups attached to an aromatic ring is 1. The summed E-state index contributed by atoms with van der Waals surface area (Å²) in [4.78, 5) is 0.122. The van der Waals surface area contributed by atoms with E-state index in [1.165, 1.54) is 24.3 Å². The molecule has 88 valence electrons. The van der Waals surface area contributed by atoms with E-state index in [2.05, 4.69) is 0 Å². The molecule has 0 radical (unpaired) electrons. The molecule has 0 aliphatic rings. The molecular weight excluding hydrogens is 238 g/mol. The lowest BCUT2D eigenvalue weighted by atomic mass is 10.3. The Labute approximate surface area is 99.8 Å². The summed E-state index contributed by atoms with van der Waals surface area (Å²) in [7, 11) is -3.77. The third-order valence-electron chi connectivity index (χ3n) is 2.12. The number of nitrogens with two attached hydrogens (primary N) is 1. The fourth-order valence-electron chi connectivity index (χ4n) is 1.29. The molecule has 17 heavy (non-hydrogen) atoms. The van der Waals surface area contributed by atoms with Gasteiger partial charge in [0.15, 0.2) is 0 Å². The van der Waals surface area contributed by atoms with Gasteiger partial charge in [0.25, 0.3) is 0 Å². The Kier molecular flexibility index (Phi) is 3.01. The van der Waals surface area contributed by atoms with Gasteiger partial charge in [-0.05, 0) is 36.4 Å². The second-order valence-corrected chi connectivity index (χ2v) is 4.97. The summed E-state index contributed by atoms with van der Waals surface area (Å²) in [5, 5.41) is 0. The molecule has 2 rings (SSSR count). The first kappa shape index (κ1) is 11.5. The zero-order valence-corrected chi connectivity index (χ0v) is 9.72. The largest absolute Gasteiger partial charge is 0.399 e. The van der Waals surface area contributed by atoms with Crippen LogP contribution in [-0.2, 0) is 10.1 Å². The SMILES string of the molecule is Nc1ccc(OS(=O)(=O)c2ccccc2)cc1. The Balaban J connectivity index is 2.27. The normalized spacial score (nSPS) is 11.1. The lowest BCUT2D eigenvalue weighted by Crippen LogP contribution is -2.09. The van der Waals surface area contributed by atoms with Crippen LogP contribution < -0.4 is 9.92 Å². The van der Waals surface area contributed by atoms with Crippen molar-refractivity contribution in [2.24, 2.45) is 0 Å². The molecule has 0 aromatic heterocycles. The second-order valence-electron chi connectivity index (χ2n) is 3.42. The Morgan fingerprint density at radius 2 is 1.47 bits per heavy atom. The molecule has 0 aliphatic heterocycles. The van der Waals surface area contributed by atoms with E-state index in [9.17, 15) is 8.42 Å². The lowest BCUT2D eigenvalue weighted by Gasteiger charge is -2.06. The first-order valence-corrected chi connectivity index (χ1v) is 6.34. The van der Waals surface area contributed by atoms with Crippen LogP contribution in [0, 0.1) is 0 Å². The monoisotopic (exact) mass is 249 g/mol. The van der Waals surface area contributed by atoms with Crippen LogP contribution in [0.2, 0.25) is 0 Å². The van der Waals surface area contributed by atoms with Gasteiger partial charge in [0, 0.05) is 5.69 Å². The fraction of sp³-hybridized carbons (Fsp3) is 0. The van der Waals surface area contributed by atoms with Gasteiger partial charge in [0.05, 0.1) is 0 Å². The molecule has 0 saturated carbocycles. The first-order valence-electron chi connectivity index (χ1n) is 4.93. The van der Waals surface area contributed by atoms with Crippen LogP contribution in [-0.4, -0.2) is 8.42 Å². The fourth-order valence-corrected chi connectivity index (χ4v) is 2.24. The van der Waals surface area contributed by atoms with Gasteiger partial charge in [-0.3, -0.25) is 0 Å². The zero-order valence-electron chi connectivity index (χ0n) is 8.91. The predicted octanol–water partition coefficient (Wildman–Crippen LogP) is 2.04. The Hall–Kier alpha value is -2.01. The average Bonchev–Trinajstić information content (AvgIpc) is 2.33. The summed E-state index contributed by atoms with van der Waals surface area (Å²) in [6.07, 6.45) is 0. The standard InChI is InChI=1S/C12H11NO3S/c13-10-6-8-11(9-7-10)16-17(14,15)12-4-2-1-3-5-12/h1-9H,13H2. The van der Waals surface area contributed by atoms with Gasteiger partial charge in [-0.1, -0.05) is 18.2 Å². The number of rotatable bonds is 3. The summed E-state index contributed by atoms with van der Waals surface area (Å²) in [6, 6.07) is 14.2. The van der Waals surface area contributed by atoms with Crippen LogP contribution in [0.25, 0.3) is 0 Å². The Bertz CT molecular complexity index is 591. The van der Waals surface area contributed by atoms with Gasteiger partial charge in [-0.15, -0.1) is 0 Å². The minimum Gasteiger partial charge on any atom is -0.399 e. The van der Waals surface area contributed by atoms with Crippen LogP contribution >= 0.6 is 0 Å². The molecule has 0 aliphatic carbocycles. The molecule has 0 heterocycles. The van der Waals surface area contributed by atoms with Crippen molar-refractivity contribution in [2.75, 3.05) is 5.73 Å². The highest BCUT2D eigenvalue weighted by atomic mass is 32.2. The molecule has 0 bridgehead atoms. The second kappa shape index (κ2) is 4.47. The third kappa shape index (κ3) is 2.76. The topological polar surface area (TPSA) is 69.4 Å². The van der Waals surface area contributed by atoms with E-state index >= 15 is 0 Å². The molecular formula is C12H11NO3S. The van der Waals surface area contributed by atoms with E-state index in [0.29, 0.717) is 5.69 Å². The highest BCUT2D eigenvalue weighted by Gasteiger charge is 2.15. The number of hydrogen-bond acceptors (Lipinski definition) is 4. The van der Waals surface area contributed by atoms with Crippen molar-refractivity contribution in [3.05, 3.63) is 54.6 Å². The maximum atomic E-state index is 11.8. The lowest BCUT2D eigenvalue weighted by molar-refractivity contribution is 0.486. The van der Waals surface area contributed by atoms with Crippen molar-refractivity contribution in [1.82, 2.24) is 0 Å². The molecule has 0 saturated heterocycles. The van der Waals surface area contributed by atoms with Crippen molar-refractivity contribution >= 4 is 15.8 Å². The van der Waals surface area contributed by atoms with Gasteiger partial charge in [-0.25, -0.2) is 0 Å². The third-order valence-corrected chi connectivity index (χ3v) is 3.38. The van der Waals surface area contributed by atoms with Crippen molar-refractivity contribution in [3.8, 4) is 5.75 Å². The van der Waals surface area contributed by atoms with Crippen LogP contribution in [0.4, 0.5) is 5.69 Å². The van der Waals surface area contributed by atoms with Gasteiger partial charge < -0.3 is 9.92 Å². The van der Waals surface area contributed by atoms with Crippen molar-refractivity contribution in [1.29, 1.82) is 0 Å². The molecule has 0 fully saturated rings. The molecule has 2 aromatic carbocycles. The summed E-state index contributed by atoms with van der Waals surface area (Å²) >= 11 is 0. The zero-order chi connectivity index (χ0) is 12.3. The first-order chi connectivity index (χ1) is 8.08. The molecule has 0 amide bonds. The van der Waals surface area contributed by atoms with E-state index in [1.807, 2.05) is 0 Å². The molecule has 0 spiro atoms. The van der Waals surface area contributed by atoms with Gasteiger partial charge in [0.1, 0.15) is 10.6 Å². The Morgan fingerprint density at radius 1 is 0.882 bits per heavy atom. The summed E-state index contributed by atoms with van der Waals surface area (Å²) in [5.41, 5.74) is 6.05. The van der Waals surface area contributed by atoms with Crippen molar-refractivity contribution < 1.29 is 12.6 Å². The van der Waals surface area contributed by atoms with E-state index < -0.39 is 10.1 Å². The van der Waals surface area contributed by atoms with E-state index in [0.717, 1.165) is 0 Å². The van der Waals surface area contributed by atoms with Crippen LogP contribution in [0.1, 0.15) is 0 Å². The highest BCUT2D eigenvalue weighted by Crippen LogP contribution is 2.19. The minimum absolute atomic E-state index is 0.122. The van der Waals surface area contributed by atoms with Crippen molar-refractivity contribution in [3.63, 3.8) is 0 Å². The average molecular weight is 249 g/mol. The minimum atomic E-state index is -3.77. The van der Waals surface area contributed by atoms with E-state index in [4.69, 9.17) is 9.92 Å². The van der Waals surface area contributed by atoms with Gasteiger partial charge >= 0.3 is 10.1 Å². The van der Waals surface area contributed by atoms with Crippen LogP contribution in [0.3, 0.4) is 0 Å². The van der Waals surface area contributed by atoms with E-state index in [1.54, 1.807) is 30.3 Å². The smallest absolute Gasteiger partial charge is 0.339 e. The highest BCUT2D eigenvalue weighted by molar-refractivity contribution is 7.87. The van der Waals surface area contributed by atoms with Gasteiger partial charge in [-0.2, -0.15) is 8.42 Å². The van der Waals surface area contributed by atoms with Crippen LogP contribution in [0.5, 0.6) is 5.75 Å². The van der Waals surface area contributed by atoms with E-state index in [-0.39, 0.29) is 10.6 Å². The number of anilines is 1. The van der Waals surface area contributed by atoms with Crippen LogP contribution in [0.15, 0.2) is 59.5 Å². The molecule has 2 aromatic rings. The molecule has 5 heteroatoms. The quantitative estimate of drug-likeness (QED) is 0.667. The Morgan fingerprint density at radius 3 is 2.06 bits per heavy atom. The number of hydrogen-bond donors (Lipinski definition) is 1. The predicted molar refractivity (Wildman–Crippen MR) is 65.1 cm³/mol. The maximum Gasteiger partial charge on any atom is 0.339 e. The molecule has 0 atom stereocenters. The summed E-state index contributed by atoms with van der Waals surface area (Å²) < 4.78 is 28.6. The molecule has 0 unspecified atom stereocenters. The van der Waals surface area contributed by atoms with Gasteiger partial charge in [0.2, 0.25) is 0 Å². The van der Waals surface area contributed by atoms with Crippen molar-refractivity contribution in [2.45, 2.75) is 4.90 Å². The molecule has 4 nitrogen and oxygen atoms in total. The number of benzene rings is 2. The maximum absolute atomic E-state index is 11.8. The summed E-state index contributed by atoms with van der Waals surface area (Å²) in [5.74, 6) is 0.239. The molecule has 2 N–H and O–H groups in total.